The van der Waals surface area contributed by atoms with Crippen molar-refractivity contribution in [3.05, 3.63) is 42.0 Å². The molecule has 3 fully saturated rings. The van der Waals surface area contributed by atoms with E-state index in [0.29, 0.717) is 12.6 Å². The molecule has 2 aromatic rings. The molecule has 4 nitrogen and oxygen atoms in total. The van der Waals surface area contributed by atoms with Crippen LogP contribution in [0.4, 0.5) is 0 Å². The number of fused-ring (bicyclic) bond motifs is 1. The molecule has 3 aliphatic rings. The molecular formula is C27H35NO3. The standard InChI is InChI=1S/C27H35NO3/c29-27(30)24-13-14-28(18-24)17-19-5-6-23-16-26(12-9-22(23)15-19)31-25-10-7-21(8-11-25)20-3-1-2-4-20/h5-6,9,12,15-16,20-21,24-25H,1-4,7-8,10-11,13-14,17-18H2,(H,29,30). The van der Waals surface area contributed by atoms with E-state index < -0.39 is 5.97 Å². The lowest BCUT2D eigenvalue weighted by Gasteiger charge is -2.32. The topological polar surface area (TPSA) is 49.8 Å². The number of likely N-dealkylation sites (tertiary alicyclic amines) is 1. The molecule has 1 N–H and O–H groups in total. The lowest BCUT2D eigenvalue weighted by Crippen LogP contribution is -2.27. The first-order chi connectivity index (χ1) is 15.1. The zero-order valence-corrected chi connectivity index (χ0v) is 18.5. The van der Waals surface area contributed by atoms with Gasteiger partial charge in [0.15, 0.2) is 0 Å². The zero-order valence-electron chi connectivity index (χ0n) is 18.5. The van der Waals surface area contributed by atoms with Gasteiger partial charge < -0.3 is 9.84 Å². The number of hydrogen-bond donors (Lipinski definition) is 1. The first kappa shape index (κ1) is 20.8. The predicted molar refractivity (Wildman–Crippen MR) is 123 cm³/mol. The highest BCUT2D eigenvalue weighted by Crippen LogP contribution is 2.40. The van der Waals surface area contributed by atoms with Crippen LogP contribution >= 0.6 is 0 Å². The lowest BCUT2D eigenvalue weighted by molar-refractivity contribution is -0.141. The van der Waals surface area contributed by atoms with E-state index in [4.69, 9.17) is 4.74 Å². The Kier molecular flexibility index (Phi) is 6.17. The quantitative estimate of drug-likeness (QED) is 0.633. The second kappa shape index (κ2) is 9.20. The molecule has 0 aromatic heterocycles. The van der Waals surface area contributed by atoms with E-state index in [2.05, 4.69) is 41.3 Å². The van der Waals surface area contributed by atoms with Gasteiger partial charge in [-0.3, -0.25) is 9.69 Å². The normalized spacial score (nSPS) is 27.7. The zero-order chi connectivity index (χ0) is 21.2. The van der Waals surface area contributed by atoms with Gasteiger partial charge in [0.1, 0.15) is 5.75 Å². The summed E-state index contributed by atoms with van der Waals surface area (Å²) in [4.78, 5) is 13.4. The molecule has 1 atom stereocenters. The van der Waals surface area contributed by atoms with Crippen LogP contribution in [0.3, 0.4) is 0 Å². The summed E-state index contributed by atoms with van der Waals surface area (Å²) in [6.07, 6.45) is 12.0. The van der Waals surface area contributed by atoms with Gasteiger partial charge in [0.2, 0.25) is 0 Å². The molecule has 1 aliphatic heterocycles. The fourth-order valence-corrected chi connectivity index (χ4v) is 6.18. The van der Waals surface area contributed by atoms with Crippen LogP contribution in [-0.4, -0.2) is 35.2 Å². The van der Waals surface area contributed by atoms with Crippen molar-refractivity contribution in [2.75, 3.05) is 13.1 Å². The van der Waals surface area contributed by atoms with Crippen LogP contribution in [0.15, 0.2) is 36.4 Å². The molecular weight excluding hydrogens is 386 g/mol. The number of hydrogen-bond acceptors (Lipinski definition) is 3. The fraction of sp³-hybridized carbons (Fsp3) is 0.593. The first-order valence-electron chi connectivity index (χ1n) is 12.3. The molecule has 4 heteroatoms. The fourth-order valence-electron chi connectivity index (χ4n) is 6.18. The van der Waals surface area contributed by atoms with Crippen LogP contribution in [0, 0.1) is 17.8 Å². The first-order valence-corrected chi connectivity index (χ1v) is 12.3. The minimum Gasteiger partial charge on any atom is -0.490 e. The maximum atomic E-state index is 11.2. The number of nitrogens with zero attached hydrogens (tertiary/aromatic N) is 1. The van der Waals surface area contributed by atoms with E-state index in [1.807, 2.05) is 0 Å². The third-order valence-electron chi connectivity index (χ3n) is 7.99. The van der Waals surface area contributed by atoms with Crippen LogP contribution in [0.1, 0.15) is 63.4 Å². The van der Waals surface area contributed by atoms with Crippen molar-refractivity contribution < 1.29 is 14.6 Å². The second-order valence-corrected chi connectivity index (χ2v) is 10.1. The molecule has 2 aromatic carbocycles. The maximum Gasteiger partial charge on any atom is 0.307 e. The van der Waals surface area contributed by atoms with Gasteiger partial charge in [-0.25, -0.2) is 0 Å². The van der Waals surface area contributed by atoms with Crippen molar-refractivity contribution in [3.63, 3.8) is 0 Å². The summed E-state index contributed by atoms with van der Waals surface area (Å²) in [5.74, 6) is 2.05. The van der Waals surface area contributed by atoms with Crippen molar-refractivity contribution >= 4 is 16.7 Å². The number of ether oxygens (including phenoxy) is 1. The molecule has 0 radical (unpaired) electrons. The Hall–Kier alpha value is -2.07. The summed E-state index contributed by atoms with van der Waals surface area (Å²) < 4.78 is 6.38. The number of carboxylic acids is 1. The van der Waals surface area contributed by atoms with Crippen molar-refractivity contribution in [1.82, 2.24) is 4.90 Å². The van der Waals surface area contributed by atoms with Crippen LogP contribution in [0.5, 0.6) is 5.75 Å². The van der Waals surface area contributed by atoms with Gasteiger partial charge in [-0.15, -0.1) is 0 Å². The number of carbonyl (C=O) groups is 1. The third kappa shape index (κ3) is 4.90. The SMILES string of the molecule is O=C(O)C1CCN(Cc2ccc3cc(OC4CCC(C5CCCC5)CC4)ccc3c2)C1. The van der Waals surface area contributed by atoms with Crippen LogP contribution in [-0.2, 0) is 11.3 Å². The Labute approximate surface area is 185 Å². The van der Waals surface area contributed by atoms with Crippen molar-refractivity contribution in [2.24, 2.45) is 17.8 Å². The van der Waals surface area contributed by atoms with Gasteiger partial charge in [-0.2, -0.15) is 0 Å². The second-order valence-electron chi connectivity index (χ2n) is 10.1. The molecule has 0 spiro atoms. The molecule has 1 saturated heterocycles. The van der Waals surface area contributed by atoms with Crippen molar-refractivity contribution in [1.29, 1.82) is 0 Å². The van der Waals surface area contributed by atoms with Crippen molar-refractivity contribution in [3.8, 4) is 5.75 Å². The van der Waals surface area contributed by atoms with Crippen molar-refractivity contribution in [2.45, 2.75) is 70.4 Å². The van der Waals surface area contributed by atoms with Gasteiger partial charge >= 0.3 is 5.97 Å². The Morgan fingerprint density at radius 2 is 1.61 bits per heavy atom. The molecule has 5 rings (SSSR count). The van der Waals surface area contributed by atoms with E-state index in [1.165, 1.54) is 67.7 Å². The molecule has 0 bridgehead atoms. The average molecular weight is 422 g/mol. The summed E-state index contributed by atoms with van der Waals surface area (Å²) in [5, 5.41) is 11.6. The minimum absolute atomic E-state index is 0.214. The Morgan fingerprint density at radius 1 is 0.903 bits per heavy atom. The molecule has 2 saturated carbocycles. The van der Waals surface area contributed by atoms with Gasteiger partial charge in [-0.1, -0.05) is 43.9 Å². The Balaban J connectivity index is 1.17. The monoisotopic (exact) mass is 421 g/mol. The summed E-state index contributed by atoms with van der Waals surface area (Å²) in [6.45, 7) is 2.34. The van der Waals surface area contributed by atoms with Gasteiger partial charge in [-0.05, 0) is 85.0 Å². The van der Waals surface area contributed by atoms with E-state index in [9.17, 15) is 9.90 Å². The highest BCUT2D eigenvalue weighted by atomic mass is 16.5. The summed E-state index contributed by atoms with van der Waals surface area (Å²) in [7, 11) is 0. The van der Waals surface area contributed by atoms with Crippen LogP contribution in [0.2, 0.25) is 0 Å². The molecule has 1 heterocycles. The van der Waals surface area contributed by atoms with Crippen LogP contribution < -0.4 is 4.74 Å². The van der Waals surface area contributed by atoms with Crippen LogP contribution in [0.25, 0.3) is 10.8 Å². The number of benzene rings is 2. The third-order valence-corrected chi connectivity index (χ3v) is 7.99. The van der Waals surface area contributed by atoms with Gasteiger partial charge in [0.25, 0.3) is 0 Å². The maximum absolute atomic E-state index is 11.2. The van der Waals surface area contributed by atoms with E-state index in [0.717, 1.165) is 37.1 Å². The Bertz CT molecular complexity index is 912. The largest absolute Gasteiger partial charge is 0.490 e. The Morgan fingerprint density at radius 3 is 2.35 bits per heavy atom. The number of carboxylic acid groups (broad SMARTS) is 1. The minimum atomic E-state index is -0.666. The smallest absolute Gasteiger partial charge is 0.307 e. The predicted octanol–water partition coefficient (Wildman–Crippen LogP) is 5.87. The summed E-state index contributed by atoms with van der Waals surface area (Å²) in [5.41, 5.74) is 1.25. The molecule has 166 valence electrons. The average Bonchev–Trinajstić information content (AvgIpc) is 3.47. The summed E-state index contributed by atoms with van der Waals surface area (Å²) >= 11 is 0. The van der Waals surface area contributed by atoms with Gasteiger partial charge in [0, 0.05) is 13.1 Å². The summed E-state index contributed by atoms with van der Waals surface area (Å²) in [6, 6.07) is 13.1. The molecule has 2 aliphatic carbocycles. The van der Waals surface area contributed by atoms with Gasteiger partial charge in [0.05, 0.1) is 12.0 Å². The van der Waals surface area contributed by atoms with E-state index in [1.54, 1.807) is 0 Å². The number of aliphatic carboxylic acids is 1. The highest BCUT2D eigenvalue weighted by molar-refractivity contribution is 5.84. The van der Waals surface area contributed by atoms with E-state index >= 15 is 0 Å². The lowest BCUT2D eigenvalue weighted by atomic mass is 9.78. The number of rotatable bonds is 6. The van der Waals surface area contributed by atoms with E-state index in [-0.39, 0.29) is 5.92 Å². The molecule has 0 amide bonds. The molecule has 31 heavy (non-hydrogen) atoms. The highest BCUT2D eigenvalue weighted by Gasteiger charge is 2.30. The molecule has 1 unspecified atom stereocenters.